The van der Waals surface area contributed by atoms with Crippen molar-refractivity contribution in [3.8, 4) is 11.5 Å². The first-order chi connectivity index (χ1) is 9.62. The van der Waals surface area contributed by atoms with Crippen LogP contribution in [0, 0.1) is 7.14 Å². The summed E-state index contributed by atoms with van der Waals surface area (Å²) >= 11 is 9.27. The molecular formula is C13H8ClF3I2O2. The number of hydrogen-bond acceptors (Lipinski definition) is 2. The molecule has 2 rings (SSSR count). The van der Waals surface area contributed by atoms with E-state index in [9.17, 15) is 13.2 Å². The fourth-order valence-corrected chi connectivity index (χ4v) is 2.22. The molecule has 0 bridgehead atoms. The van der Waals surface area contributed by atoms with E-state index in [1.165, 1.54) is 0 Å². The molecule has 0 aliphatic rings. The van der Waals surface area contributed by atoms with Crippen LogP contribution in [0.4, 0.5) is 13.2 Å². The summed E-state index contributed by atoms with van der Waals surface area (Å²) < 4.78 is 36.9. The number of aromatic hydroxyl groups is 2. The van der Waals surface area contributed by atoms with E-state index in [4.69, 9.17) is 21.8 Å². The molecule has 114 valence electrons. The first-order valence-corrected chi connectivity index (χ1v) is 7.85. The van der Waals surface area contributed by atoms with Crippen LogP contribution in [0.25, 0.3) is 0 Å². The van der Waals surface area contributed by atoms with Crippen molar-refractivity contribution < 1.29 is 23.4 Å². The van der Waals surface area contributed by atoms with Crippen molar-refractivity contribution >= 4 is 56.8 Å². The zero-order chi connectivity index (χ0) is 16.2. The van der Waals surface area contributed by atoms with Gasteiger partial charge in [-0.1, -0.05) is 17.7 Å². The highest BCUT2D eigenvalue weighted by molar-refractivity contribution is 14.1. The Balaban J connectivity index is 0.000000219. The van der Waals surface area contributed by atoms with E-state index in [0.29, 0.717) is 8.59 Å². The molecule has 0 atom stereocenters. The summed E-state index contributed by atoms with van der Waals surface area (Å²) in [4.78, 5) is 0. The summed E-state index contributed by atoms with van der Waals surface area (Å²) in [5.74, 6) is 0.103. The minimum absolute atomic E-state index is 0.136. The fraction of sp³-hybridized carbons (Fsp3) is 0.0769. The van der Waals surface area contributed by atoms with Gasteiger partial charge in [-0.15, -0.1) is 0 Å². The highest BCUT2D eigenvalue weighted by Gasteiger charge is 2.30. The topological polar surface area (TPSA) is 40.5 Å². The van der Waals surface area contributed by atoms with Crippen molar-refractivity contribution in [1.82, 2.24) is 0 Å². The van der Waals surface area contributed by atoms with Crippen molar-refractivity contribution in [2.45, 2.75) is 6.18 Å². The van der Waals surface area contributed by atoms with Gasteiger partial charge in [-0.2, -0.15) is 13.2 Å². The molecule has 0 saturated heterocycles. The summed E-state index contributed by atoms with van der Waals surface area (Å²) in [7, 11) is 0. The van der Waals surface area contributed by atoms with Crippen LogP contribution in [0.3, 0.4) is 0 Å². The lowest BCUT2D eigenvalue weighted by molar-refractivity contribution is -0.137. The number of benzene rings is 2. The standard InChI is InChI=1S/C7H4F3IO.C6H4ClIO/c8-7(9,10)4-1-2-6(12)5(11)3-4;7-4-2-1-3-5(9)6(4)8/h1-3,12H;1-3,9H. The summed E-state index contributed by atoms with van der Waals surface area (Å²) in [5, 5.41) is 18.5. The van der Waals surface area contributed by atoms with Crippen LogP contribution >= 0.6 is 56.8 Å². The molecule has 0 saturated carbocycles. The number of halogens is 6. The van der Waals surface area contributed by atoms with E-state index < -0.39 is 11.7 Å². The Morgan fingerprint density at radius 1 is 0.952 bits per heavy atom. The largest absolute Gasteiger partial charge is 0.507 e. The van der Waals surface area contributed by atoms with Gasteiger partial charge in [-0.25, -0.2) is 0 Å². The summed E-state index contributed by atoms with van der Waals surface area (Å²) in [5.41, 5.74) is -0.746. The van der Waals surface area contributed by atoms with Gasteiger partial charge in [0, 0.05) is 0 Å². The summed E-state index contributed by atoms with van der Waals surface area (Å²) in [6.45, 7) is 0. The monoisotopic (exact) mass is 542 g/mol. The number of hydrogen-bond donors (Lipinski definition) is 2. The Morgan fingerprint density at radius 3 is 2.00 bits per heavy atom. The maximum Gasteiger partial charge on any atom is 0.416 e. The van der Waals surface area contributed by atoms with Crippen LogP contribution in [-0.4, -0.2) is 10.2 Å². The van der Waals surface area contributed by atoms with E-state index in [-0.39, 0.29) is 15.1 Å². The third-order valence-corrected chi connectivity index (χ3v) is 4.84. The summed E-state index contributed by atoms with van der Waals surface area (Å²) in [6, 6.07) is 7.83. The minimum atomic E-state index is -4.34. The highest BCUT2D eigenvalue weighted by Crippen LogP contribution is 2.32. The molecule has 0 aromatic heterocycles. The van der Waals surface area contributed by atoms with Crippen LogP contribution in [-0.2, 0) is 6.18 Å². The minimum Gasteiger partial charge on any atom is -0.507 e. The molecule has 8 heteroatoms. The van der Waals surface area contributed by atoms with Crippen LogP contribution in [0.1, 0.15) is 5.56 Å². The van der Waals surface area contributed by atoms with Gasteiger partial charge in [0.15, 0.2) is 0 Å². The summed E-state index contributed by atoms with van der Waals surface area (Å²) in [6.07, 6.45) is -4.34. The molecule has 2 N–H and O–H groups in total. The quantitative estimate of drug-likeness (QED) is 0.422. The third-order valence-electron chi connectivity index (χ3n) is 2.21. The lowest BCUT2D eigenvalue weighted by atomic mass is 10.2. The van der Waals surface area contributed by atoms with E-state index in [1.807, 2.05) is 22.6 Å². The van der Waals surface area contributed by atoms with Gasteiger partial charge in [-0.3, -0.25) is 0 Å². The molecule has 0 aliphatic heterocycles. The fourth-order valence-electron chi connectivity index (χ4n) is 1.18. The smallest absolute Gasteiger partial charge is 0.416 e. The third kappa shape index (κ3) is 5.70. The van der Waals surface area contributed by atoms with Crippen molar-refractivity contribution in [2.75, 3.05) is 0 Å². The van der Waals surface area contributed by atoms with E-state index >= 15 is 0 Å². The Hall–Kier alpha value is -0.420. The Bertz CT molecular complexity index is 613. The van der Waals surface area contributed by atoms with Crippen LogP contribution in [0.2, 0.25) is 5.02 Å². The van der Waals surface area contributed by atoms with Gasteiger partial charge in [0.2, 0.25) is 0 Å². The number of alkyl halides is 3. The molecule has 0 heterocycles. The average molecular weight is 542 g/mol. The van der Waals surface area contributed by atoms with E-state index in [0.717, 1.165) is 18.2 Å². The molecule has 0 fully saturated rings. The average Bonchev–Trinajstić information content (AvgIpc) is 2.38. The SMILES string of the molecule is Oc1ccc(C(F)(F)F)cc1I.Oc1cccc(Cl)c1I. The second-order valence-corrected chi connectivity index (χ2v) is 6.39. The van der Waals surface area contributed by atoms with E-state index in [2.05, 4.69) is 0 Å². The van der Waals surface area contributed by atoms with Crippen LogP contribution in [0.5, 0.6) is 11.5 Å². The molecule has 0 spiro atoms. The lowest BCUT2D eigenvalue weighted by Crippen LogP contribution is -2.04. The van der Waals surface area contributed by atoms with Gasteiger partial charge in [0.25, 0.3) is 0 Å². The number of phenolic OH excluding ortho intramolecular Hbond substituents is 2. The van der Waals surface area contributed by atoms with Gasteiger partial charge in [0.1, 0.15) is 11.5 Å². The van der Waals surface area contributed by atoms with Gasteiger partial charge in [-0.05, 0) is 75.5 Å². The zero-order valence-corrected chi connectivity index (χ0v) is 15.2. The molecule has 0 aliphatic carbocycles. The van der Waals surface area contributed by atoms with E-state index in [1.54, 1.807) is 40.8 Å². The molecular weight excluding hydrogens is 534 g/mol. The van der Waals surface area contributed by atoms with Crippen molar-refractivity contribution in [1.29, 1.82) is 0 Å². The van der Waals surface area contributed by atoms with Gasteiger partial charge < -0.3 is 10.2 Å². The predicted molar refractivity (Wildman–Crippen MR) is 91.7 cm³/mol. The molecule has 2 aromatic rings. The Labute approximate surface area is 151 Å². The van der Waals surface area contributed by atoms with Crippen molar-refractivity contribution in [3.05, 3.63) is 54.1 Å². The highest BCUT2D eigenvalue weighted by atomic mass is 127. The van der Waals surface area contributed by atoms with Gasteiger partial charge >= 0.3 is 6.18 Å². The zero-order valence-electron chi connectivity index (χ0n) is 10.1. The number of phenols is 2. The molecule has 0 unspecified atom stereocenters. The van der Waals surface area contributed by atoms with Crippen molar-refractivity contribution in [2.24, 2.45) is 0 Å². The molecule has 0 amide bonds. The second kappa shape index (κ2) is 7.73. The lowest BCUT2D eigenvalue weighted by Gasteiger charge is -2.06. The predicted octanol–water partition coefficient (Wildman–Crippen LogP) is 5.67. The molecule has 2 nitrogen and oxygen atoms in total. The molecule has 21 heavy (non-hydrogen) atoms. The van der Waals surface area contributed by atoms with Gasteiger partial charge in [0.05, 0.1) is 17.7 Å². The first-order valence-electron chi connectivity index (χ1n) is 5.31. The Morgan fingerprint density at radius 2 is 1.57 bits per heavy atom. The normalized spacial score (nSPS) is 10.8. The maximum atomic E-state index is 12.0. The molecule has 0 radical (unpaired) electrons. The molecule has 2 aromatic carbocycles. The number of rotatable bonds is 0. The van der Waals surface area contributed by atoms with Crippen molar-refractivity contribution in [3.63, 3.8) is 0 Å². The first kappa shape index (κ1) is 18.6. The van der Waals surface area contributed by atoms with Crippen LogP contribution < -0.4 is 0 Å². The maximum absolute atomic E-state index is 12.0. The van der Waals surface area contributed by atoms with Crippen LogP contribution in [0.15, 0.2) is 36.4 Å². The Kier molecular flexibility index (Phi) is 6.85. The second-order valence-electron chi connectivity index (χ2n) is 3.74.